The molecule has 0 aliphatic heterocycles. The van der Waals surface area contributed by atoms with Crippen LogP contribution in [0.2, 0.25) is 0 Å². The second kappa shape index (κ2) is 11.3. The van der Waals surface area contributed by atoms with Gasteiger partial charge in [-0.25, -0.2) is 9.78 Å². The lowest BCUT2D eigenvalue weighted by molar-refractivity contribution is -0.119. The molecule has 182 valence electrons. The van der Waals surface area contributed by atoms with Crippen LogP contribution in [0.3, 0.4) is 0 Å². The van der Waals surface area contributed by atoms with Crippen LogP contribution >= 0.6 is 11.3 Å². The van der Waals surface area contributed by atoms with Gasteiger partial charge in [0.2, 0.25) is 0 Å². The number of benzene rings is 4. The zero-order chi connectivity index (χ0) is 25.5. The van der Waals surface area contributed by atoms with Crippen molar-refractivity contribution in [2.45, 2.75) is 0 Å². The van der Waals surface area contributed by atoms with Crippen molar-refractivity contribution in [1.29, 1.82) is 0 Å². The maximum atomic E-state index is 12.6. The number of hydrogen-bond acceptors (Lipinski definition) is 6. The number of amides is 1. The summed E-state index contributed by atoms with van der Waals surface area (Å²) in [5.41, 5.74) is 4.19. The van der Waals surface area contributed by atoms with E-state index in [1.54, 1.807) is 36.4 Å². The Morgan fingerprint density at radius 2 is 1.35 bits per heavy atom. The Bertz CT molecular complexity index is 1500. The van der Waals surface area contributed by atoms with Gasteiger partial charge in [0, 0.05) is 10.9 Å². The second-order valence-corrected chi connectivity index (χ2v) is 8.87. The van der Waals surface area contributed by atoms with E-state index < -0.39 is 18.5 Å². The van der Waals surface area contributed by atoms with Crippen molar-refractivity contribution in [1.82, 2.24) is 4.98 Å². The first-order chi connectivity index (χ1) is 18.2. The standard InChI is InChI=1S/C30H22N2O4S/c33-28(19-35-29(34)25-13-7-8-14-27(25)36-24-11-5-2-6-12-24)32-30-31-26(20-37-30)23-17-15-22(16-18-23)21-9-3-1-4-10-21/h1-18,20H,19H2,(H,31,32,33). The van der Waals surface area contributed by atoms with Crippen LogP contribution in [0, 0.1) is 0 Å². The molecule has 7 heteroatoms. The Kier molecular flexibility index (Phi) is 7.34. The lowest BCUT2D eigenvalue weighted by Crippen LogP contribution is -2.21. The zero-order valence-electron chi connectivity index (χ0n) is 19.7. The van der Waals surface area contributed by atoms with E-state index in [0.29, 0.717) is 16.6 Å². The number of nitrogens with zero attached hydrogens (tertiary/aromatic N) is 1. The van der Waals surface area contributed by atoms with Crippen molar-refractivity contribution in [2.75, 3.05) is 11.9 Å². The molecule has 0 unspecified atom stereocenters. The summed E-state index contributed by atoms with van der Waals surface area (Å²) in [4.78, 5) is 29.6. The summed E-state index contributed by atoms with van der Waals surface area (Å²) >= 11 is 1.30. The van der Waals surface area contributed by atoms with Crippen molar-refractivity contribution < 1.29 is 19.1 Å². The Morgan fingerprint density at radius 1 is 0.730 bits per heavy atom. The summed E-state index contributed by atoms with van der Waals surface area (Å²) in [6, 6.07) is 34.1. The minimum absolute atomic E-state index is 0.231. The van der Waals surface area contributed by atoms with Gasteiger partial charge in [-0.2, -0.15) is 0 Å². The van der Waals surface area contributed by atoms with E-state index in [9.17, 15) is 9.59 Å². The molecule has 1 amide bonds. The highest BCUT2D eigenvalue weighted by Crippen LogP contribution is 2.28. The van der Waals surface area contributed by atoms with Gasteiger partial charge in [-0.1, -0.05) is 84.9 Å². The van der Waals surface area contributed by atoms with Crippen LogP contribution in [0.5, 0.6) is 11.5 Å². The second-order valence-electron chi connectivity index (χ2n) is 8.02. The average molecular weight is 507 g/mol. The number of carbonyl (C=O) groups is 2. The predicted octanol–water partition coefficient (Wildman–Crippen LogP) is 7.06. The Balaban J connectivity index is 1.17. The van der Waals surface area contributed by atoms with Gasteiger partial charge in [0.25, 0.3) is 5.91 Å². The number of ether oxygens (including phenoxy) is 2. The lowest BCUT2D eigenvalue weighted by atomic mass is 10.0. The van der Waals surface area contributed by atoms with Gasteiger partial charge in [0.1, 0.15) is 17.1 Å². The molecule has 0 fully saturated rings. The van der Waals surface area contributed by atoms with Crippen LogP contribution in [0.15, 0.2) is 115 Å². The fourth-order valence-corrected chi connectivity index (χ4v) is 4.37. The first kappa shape index (κ1) is 24.0. The molecule has 1 N–H and O–H groups in total. The molecule has 0 aliphatic carbocycles. The molecule has 1 heterocycles. The Morgan fingerprint density at radius 3 is 2.11 bits per heavy atom. The normalized spacial score (nSPS) is 10.5. The molecule has 0 saturated heterocycles. The number of para-hydroxylation sites is 2. The number of anilines is 1. The van der Waals surface area contributed by atoms with Gasteiger partial charge >= 0.3 is 5.97 Å². The van der Waals surface area contributed by atoms with Crippen LogP contribution < -0.4 is 10.1 Å². The SMILES string of the molecule is O=C(COC(=O)c1ccccc1Oc1ccccc1)Nc1nc(-c2ccc(-c3ccccc3)cc2)cs1. The lowest BCUT2D eigenvalue weighted by Gasteiger charge is -2.10. The summed E-state index contributed by atoms with van der Waals surface area (Å²) in [6.45, 7) is -0.445. The maximum Gasteiger partial charge on any atom is 0.342 e. The van der Waals surface area contributed by atoms with Crippen molar-refractivity contribution in [3.63, 3.8) is 0 Å². The molecule has 0 aliphatic rings. The van der Waals surface area contributed by atoms with Gasteiger partial charge in [0.05, 0.1) is 5.69 Å². The van der Waals surface area contributed by atoms with Crippen LogP contribution in [0.1, 0.15) is 10.4 Å². The van der Waals surface area contributed by atoms with E-state index in [2.05, 4.69) is 22.4 Å². The summed E-state index contributed by atoms with van der Waals surface area (Å²) in [7, 11) is 0. The average Bonchev–Trinajstić information content (AvgIpc) is 3.41. The summed E-state index contributed by atoms with van der Waals surface area (Å²) in [6.07, 6.45) is 0. The minimum Gasteiger partial charge on any atom is -0.456 e. The number of esters is 1. The summed E-state index contributed by atoms with van der Waals surface area (Å²) in [5, 5.41) is 4.99. The highest BCUT2D eigenvalue weighted by atomic mass is 32.1. The monoisotopic (exact) mass is 506 g/mol. The fourth-order valence-electron chi connectivity index (χ4n) is 3.63. The van der Waals surface area contributed by atoms with E-state index in [4.69, 9.17) is 9.47 Å². The Labute approximate surface area is 218 Å². The molecule has 0 atom stereocenters. The molecule has 37 heavy (non-hydrogen) atoms. The third kappa shape index (κ3) is 6.09. The van der Waals surface area contributed by atoms with Gasteiger partial charge in [0.15, 0.2) is 11.7 Å². The van der Waals surface area contributed by atoms with E-state index in [1.807, 2.05) is 66.0 Å². The molecule has 1 aromatic heterocycles. The van der Waals surface area contributed by atoms with E-state index in [-0.39, 0.29) is 5.56 Å². The van der Waals surface area contributed by atoms with Gasteiger partial charge < -0.3 is 9.47 Å². The molecular formula is C30H22N2O4S. The van der Waals surface area contributed by atoms with Crippen molar-refractivity contribution >= 4 is 28.3 Å². The first-order valence-corrected chi connectivity index (χ1v) is 12.4. The highest BCUT2D eigenvalue weighted by Gasteiger charge is 2.17. The molecule has 0 saturated carbocycles. The Hall–Kier alpha value is -4.75. The van der Waals surface area contributed by atoms with Crippen molar-refractivity contribution in [2.24, 2.45) is 0 Å². The van der Waals surface area contributed by atoms with Crippen LogP contribution in [-0.4, -0.2) is 23.5 Å². The van der Waals surface area contributed by atoms with Crippen LogP contribution in [0.4, 0.5) is 5.13 Å². The zero-order valence-corrected chi connectivity index (χ0v) is 20.5. The van der Waals surface area contributed by atoms with Crippen molar-refractivity contribution in [3.05, 3.63) is 120 Å². The maximum absolute atomic E-state index is 12.6. The number of aromatic nitrogens is 1. The number of thiazole rings is 1. The van der Waals surface area contributed by atoms with Crippen LogP contribution in [-0.2, 0) is 9.53 Å². The highest BCUT2D eigenvalue weighted by molar-refractivity contribution is 7.14. The fraction of sp³-hybridized carbons (Fsp3) is 0.0333. The first-order valence-electron chi connectivity index (χ1n) is 11.6. The van der Waals surface area contributed by atoms with Gasteiger partial charge in [-0.3, -0.25) is 10.1 Å². The molecule has 0 bridgehead atoms. The third-order valence-corrected chi connectivity index (χ3v) is 6.21. The number of nitrogens with one attached hydrogen (secondary N) is 1. The van der Waals surface area contributed by atoms with Crippen LogP contribution in [0.25, 0.3) is 22.4 Å². The molecular weight excluding hydrogens is 484 g/mol. The van der Waals surface area contributed by atoms with E-state index >= 15 is 0 Å². The molecule has 0 radical (unpaired) electrons. The van der Waals surface area contributed by atoms with E-state index in [1.165, 1.54) is 11.3 Å². The minimum atomic E-state index is -0.653. The number of carbonyl (C=O) groups excluding carboxylic acids is 2. The number of hydrogen-bond donors (Lipinski definition) is 1. The van der Waals surface area contributed by atoms with Crippen molar-refractivity contribution in [3.8, 4) is 33.9 Å². The van der Waals surface area contributed by atoms with Gasteiger partial charge in [-0.15, -0.1) is 11.3 Å². The molecule has 5 aromatic rings. The third-order valence-electron chi connectivity index (χ3n) is 5.45. The molecule has 5 rings (SSSR count). The van der Waals surface area contributed by atoms with E-state index in [0.717, 1.165) is 22.4 Å². The quantitative estimate of drug-likeness (QED) is 0.228. The smallest absolute Gasteiger partial charge is 0.342 e. The summed E-state index contributed by atoms with van der Waals surface area (Å²) < 4.78 is 11.0. The number of rotatable bonds is 8. The topological polar surface area (TPSA) is 77.5 Å². The van der Waals surface area contributed by atoms with Gasteiger partial charge in [-0.05, 0) is 35.4 Å². The molecule has 0 spiro atoms. The summed E-state index contributed by atoms with van der Waals surface area (Å²) in [5.74, 6) is -0.188. The molecule has 4 aromatic carbocycles. The largest absolute Gasteiger partial charge is 0.456 e. The predicted molar refractivity (Wildman–Crippen MR) is 145 cm³/mol. The molecule has 6 nitrogen and oxygen atoms in total.